The molecule has 134 valence electrons. The van der Waals surface area contributed by atoms with E-state index in [1.165, 1.54) is 11.8 Å². The summed E-state index contributed by atoms with van der Waals surface area (Å²) in [6.07, 6.45) is 2.48. The molecular formula is C18H22ClN3O2S. The standard InChI is InChI=1S/C18H22ClN3O2S/c1-4-8-20-16(23)11-25-18-21-15-10-13(19)5-6-14(15)17(24)22(18)9-7-12(2)3/h4-6,10,12H,1,7-9,11H2,2-3H3,(H,20,23). The fraction of sp³-hybridized carbons (Fsp3) is 0.389. The van der Waals surface area contributed by atoms with Crippen LogP contribution in [0.25, 0.3) is 10.9 Å². The summed E-state index contributed by atoms with van der Waals surface area (Å²) < 4.78 is 1.65. The molecular weight excluding hydrogens is 358 g/mol. The Morgan fingerprint density at radius 3 is 2.92 bits per heavy atom. The molecule has 1 heterocycles. The molecule has 0 radical (unpaired) electrons. The van der Waals surface area contributed by atoms with E-state index in [0.717, 1.165) is 6.42 Å². The molecule has 0 saturated heterocycles. The Bertz CT molecular complexity index is 833. The van der Waals surface area contributed by atoms with Crippen LogP contribution in [0.4, 0.5) is 0 Å². The minimum atomic E-state index is -0.124. The highest BCUT2D eigenvalue weighted by Crippen LogP contribution is 2.21. The number of thioether (sulfide) groups is 1. The smallest absolute Gasteiger partial charge is 0.262 e. The van der Waals surface area contributed by atoms with Gasteiger partial charge in [-0.25, -0.2) is 4.98 Å². The highest BCUT2D eigenvalue weighted by molar-refractivity contribution is 7.99. The monoisotopic (exact) mass is 379 g/mol. The van der Waals surface area contributed by atoms with Crippen LogP contribution in [0, 0.1) is 5.92 Å². The van der Waals surface area contributed by atoms with Crippen LogP contribution in [-0.4, -0.2) is 27.8 Å². The first-order chi connectivity index (χ1) is 11.9. The molecule has 0 spiro atoms. The second kappa shape index (κ2) is 9.06. The van der Waals surface area contributed by atoms with Gasteiger partial charge in [0, 0.05) is 18.1 Å². The van der Waals surface area contributed by atoms with E-state index in [0.29, 0.717) is 40.1 Å². The number of benzene rings is 1. The van der Waals surface area contributed by atoms with Gasteiger partial charge in [0.25, 0.3) is 5.56 Å². The van der Waals surface area contributed by atoms with Gasteiger partial charge in [0.2, 0.25) is 5.91 Å². The lowest BCUT2D eigenvalue weighted by Gasteiger charge is -2.14. The largest absolute Gasteiger partial charge is 0.352 e. The van der Waals surface area contributed by atoms with Crippen LogP contribution in [0.3, 0.4) is 0 Å². The molecule has 5 nitrogen and oxygen atoms in total. The van der Waals surface area contributed by atoms with Crippen molar-refractivity contribution in [2.45, 2.75) is 32.0 Å². The third-order valence-electron chi connectivity index (χ3n) is 3.59. The summed E-state index contributed by atoms with van der Waals surface area (Å²) in [5, 5.41) is 4.32. The zero-order valence-corrected chi connectivity index (χ0v) is 16.0. The first-order valence-corrected chi connectivity index (χ1v) is 9.49. The molecule has 0 aliphatic heterocycles. The number of hydrogen-bond acceptors (Lipinski definition) is 4. The second-order valence-electron chi connectivity index (χ2n) is 6.08. The van der Waals surface area contributed by atoms with Gasteiger partial charge in [0.15, 0.2) is 5.16 Å². The van der Waals surface area contributed by atoms with Crippen LogP contribution in [0.2, 0.25) is 5.02 Å². The molecule has 1 aromatic carbocycles. The van der Waals surface area contributed by atoms with Crippen molar-refractivity contribution in [3.63, 3.8) is 0 Å². The topological polar surface area (TPSA) is 64.0 Å². The SMILES string of the molecule is C=CCNC(=O)CSc1nc2cc(Cl)ccc2c(=O)n1CCC(C)C. The second-order valence-corrected chi connectivity index (χ2v) is 7.46. The first-order valence-electron chi connectivity index (χ1n) is 8.13. The summed E-state index contributed by atoms with van der Waals surface area (Å²) >= 11 is 7.28. The molecule has 0 aliphatic carbocycles. The average molecular weight is 380 g/mol. The number of carbonyl (C=O) groups is 1. The fourth-order valence-corrected chi connectivity index (χ4v) is 3.26. The maximum absolute atomic E-state index is 12.8. The number of rotatable bonds is 8. The number of amides is 1. The Labute approximate surface area is 156 Å². The number of hydrogen-bond donors (Lipinski definition) is 1. The number of carbonyl (C=O) groups excluding carboxylic acids is 1. The number of halogens is 1. The van der Waals surface area contributed by atoms with E-state index in [2.05, 4.69) is 30.7 Å². The highest BCUT2D eigenvalue weighted by Gasteiger charge is 2.14. The van der Waals surface area contributed by atoms with Gasteiger partial charge in [-0.15, -0.1) is 6.58 Å². The van der Waals surface area contributed by atoms with Crippen molar-refractivity contribution in [2.24, 2.45) is 5.92 Å². The number of nitrogens with one attached hydrogen (secondary N) is 1. The summed E-state index contributed by atoms with van der Waals surface area (Å²) in [7, 11) is 0. The van der Waals surface area contributed by atoms with Gasteiger partial charge in [0.05, 0.1) is 16.7 Å². The van der Waals surface area contributed by atoms with Crippen LogP contribution < -0.4 is 10.9 Å². The predicted molar refractivity (Wildman–Crippen MR) is 104 cm³/mol. The van der Waals surface area contributed by atoms with Crippen molar-refractivity contribution in [3.8, 4) is 0 Å². The molecule has 0 fully saturated rings. The molecule has 0 atom stereocenters. The number of nitrogens with zero attached hydrogens (tertiary/aromatic N) is 2. The lowest BCUT2D eigenvalue weighted by molar-refractivity contribution is -0.118. The Balaban J connectivity index is 2.36. The van der Waals surface area contributed by atoms with E-state index in [4.69, 9.17) is 11.6 Å². The minimum Gasteiger partial charge on any atom is -0.352 e. The van der Waals surface area contributed by atoms with Crippen LogP contribution in [0.1, 0.15) is 20.3 Å². The van der Waals surface area contributed by atoms with E-state index in [1.54, 1.807) is 28.8 Å². The molecule has 1 N–H and O–H groups in total. The third kappa shape index (κ3) is 5.34. The summed E-state index contributed by atoms with van der Waals surface area (Å²) in [4.78, 5) is 29.3. The first kappa shape index (κ1) is 19.5. The van der Waals surface area contributed by atoms with Gasteiger partial charge < -0.3 is 5.32 Å². The van der Waals surface area contributed by atoms with E-state index >= 15 is 0 Å². The molecule has 0 unspecified atom stereocenters. The minimum absolute atomic E-state index is 0.101. The van der Waals surface area contributed by atoms with Gasteiger partial charge in [-0.3, -0.25) is 14.2 Å². The molecule has 1 amide bonds. The zero-order chi connectivity index (χ0) is 18.4. The van der Waals surface area contributed by atoms with Gasteiger partial charge in [-0.2, -0.15) is 0 Å². The molecule has 2 aromatic rings. The van der Waals surface area contributed by atoms with Crippen molar-refractivity contribution in [2.75, 3.05) is 12.3 Å². The van der Waals surface area contributed by atoms with E-state index in [9.17, 15) is 9.59 Å². The van der Waals surface area contributed by atoms with Crippen LogP contribution in [0.5, 0.6) is 0 Å². The lowest BCUT2D eigenvalue weighted by Crippen LogP contribution is -2.27. The quantitative estimate of drug-likeness (QED) is 0.433. The van der Waals surface area contributed by atoms with E-state index in [-0.39, 0.29) is 17.2 Å². The van der Waals surface area contributed by atoms with Gasteiger partial charge in [0.1, 0.15) is 0 Å². The normalized spacial score (nSPS) is 11.0. The summed E-state index contributed by atoms with van der Waals surface area (Å²) in [6, 6.07) is 5.06. The van der Waals surface area contributed by atoms with E-state index < -0.39 is 0 Å². The third-order valence-corrected chi connectivity index (χ3v) is 4.80. The Morgan fingerprint density at radius 2 is 2.24 bits per heavy atom. The Morgan fingerprint density at radius 1 is 1.48 bits per heavy atom. The highest BCUT2D eigenvalue weighted by atomic mass is 35.5. The van der Waals surface area contributed by atoms with Crippen LogP contribution in [0.15, 0.2) is 40.8 Å². The van der Waals surface area contributed by atoms with Crippen molar-refractivity contribution in [1.82, 2.24) is 14.9 Å². The lowest BCUT2D eigenvalue weighted by atomic mass is 10.1. The van der Waals surface area contributed by atoms with Gasteiger partial charge in [-0.05, 0) is 30.5 Å². The summed E-state index contributed by atoms with van der Waals surface area (Å²) in [5.74, 6) is 0.524. The van der Waals surface area contributed by atoms with Crippen LogP contribution in [-0.2, 0) is 11.3 Å². The van der Waals surface area contributed by atoms with Crippen molar-refractivity contribution >= 4 is 40.2 Å². The molecule has 0 aliphatic rings. The summed E-state index contributed by atoms with van der Waals surface area (Å²) in [5.41, 5.74) is 0.448. The molecule has 7 heteroatoms. The van der Waals surface area contributed by atoms with Gasteiger partial charge >= 0.3 is 0 Å². The number of fused-ring (bicyclic) bond motifs is 1. The maximum atomic E-state index is 12.8. The molecule has 2 rings (SSSR count). The molecule has 0 bridgehead atoms. The molecule has 1 aromatic heterocycles. The van der Waals surface area contributed by atoms with Crippen molar-refractivity contribution in [1.29, 1.82) is 0 Å². The Kier molecular flexibility index (Phi) is 7.08. The van der Waals surface area contributed by atoms with Gasteiger partial charge in [-0.1, -0.05) is 43.3 Å². The van der Waals surface area contributed by atoms with Crippen molar-refractivity contribution < 1.29 is 4.79 Å². The summed E-state index contributed by atoms with van der Waals surface area (Å²) in [6.45, 7) is 8.77. The number of aromatic nitrogens is 2. The zero-order valence-electron chi connectivity index (χ0n) is 14.4. The van der Waals surface area contributed by atoms with Crippen LogP contribution >= 0.6 is 23.4 Å². The molecule has 0 saturated carbocycles. The fourth-order valence-electron chi connectivity index (χ4n) is 2.24. The Hall–Kier alpha value is -1.79. The molecule has 25 heavy (non-hydrogen) atoms. The van der Waals surface area contributed by atoms with E-state index in [1.807, 2.05) is 0 Å². The van der Waals surface area contributed by atoms with Crippen molar-refractivity contribution in [3.05, 3.63) is 46.2 Å². The predicted octanol–water partition coefficient (Wildman–Crippen LogP) is 3.49. The average Bonchev–Trinajstić information content (AvgIpc) is 2.56. The maximum Gasteiger partial charge on any atom is 0.262 e.